The SMILES string of the molecule is N#Cc1cc(F)ccc1NCc1ccc2ccccc2n1. The van der Waals surface area contributed by atoms with E-state index in [0.717, 1.165) is 16.6 Å². The van der Waals surface area contributed by atoms with E-state index in [1.807, 2.05) is 42.5 Å². The van der Waals surface area contributed by atoms with Gasteiger partial charge in [-0.15, -0.1) is 0 Å². The molecule has 0 unspecified atom stereocenters. The largest absolute Gasteiger partial charge is 0.378 e. The van der Waals surface area contributed by atoms with Gasteiger partial charge in [-0.1, -0.05) is 24.3 Å². The van der Waals surface area contributed by atoms with Gasteiger partial charge in [-0.05, 0) is 30.3 Å². The molecule has 1 aromatic heterocycles. The molecule has 2 aromatic carbocycles. The van der Waals surface area contributed by atoms with Crippen LogP contribution in [0.1, 0.15) is 11.3 Å². The summed E-state index contributed by atoms with van der Waals surface area (Å²) in [4.78, 5) is 4.54. The first-order valence-electron chi connectivity index (χ1n) is 6.54. The zero-order valence-electron chi connectivity index (χ0n) is 11.2. The Hall–Kier alpha value is -2.93. The minimum atomic E-state index is -0.416. The van der Waals surface area contributed by atoms with E-state index in [2.05, 4.69) is 10.3 Å². The van der Waals surface area contributed by atoms with Crippen LogP contribution >= 0.6 is 0 Å². The number of anilines is 1. The highest BCUT2D eigenvalue weighted by atomic mass is 19.1. The van der Waals surface area contributed by atoms with E-state index in [4.69, 9.17) is 5.26 Å². The molecule has 21 heavy (non-hydrogen) atoms. The van der Waals surface area contributed by atoms with Crippen molar-refractivity contribution in [3.63, 3.8) is 0 Å². The quantitative estimate of drug-likeness (QED) is 0.791. The predicted octanol–water partition coefficient (Wildman–Crippen LogP) is 3.86. The van der Waals surface area contributed by atoms with Crippen LogP contribution in [0.3, 0.4) is 0 Å². The van der Waals surface area contributed by atoms with Crippen molar-refractivity contribution >= 4 is 16.6 Å². The minimum absolute atomic E-state index is 0.288. The highest BCUT2D eigenvalue weighted by Crippen LogP contribution is 2.17. The summed E-state index contributed by atoms with van der Waals surface area (Å²) in [7, 11) is 0. The molecule has 3 nitrogen and oxygen atoms in total. The van der Waals surface area contributed by atoms with Gasteiger partial charge >= 0.3 is 0 Å². The number of aromatic nitrogens is 1. The summed E-state index contributed by atoms with van der Waals surface area (Å²) < 4.78 is 13.1. The van der Waals surface area contributed by atoms with Gasteiger partial charge in [0.1, 0.15) is 11.9 Å². The number of hydrogen-bond acceptors (Lipinski definition) is 3. The van der Waals surface area contributed by atoms with E-state index < -0.39 is 5.82 Å². The van der Waals surface area contributed by atoms with Gasteiger partial charge in [-0.2, -0.15) is 5.26 Å². The van der Waals surface area contributed by atoms with E-state index in [9.17, 15) is 4.39 Å². The molecule has 3 rings (SSSR count). The van der Waals surface area contributed by atoms with E-state index in [1.54, 1.807) is 6.07 Å². The van der Waals surface area contributed by atoms with E-state index >= 15 is 0 Å². The first kappa shape index (κ1) is 13.1. The fourth-order valence-electron chi connectivity index (χ4n) is 2.16. The first-order valence-corrected chi connectivity index (χ1v) is 6.54. The number of halogens is 1. The van der Waals surface area contributed by atoms with Crippen LogP contribution in [0.2, 0.25) is 0 Å². The number of hydrogen-bond donors (Lipinski definition) is 1. The van der Waals surface area contributed by atoms with Crippen LogP contribution in [0, 0.1) is 17.1 Å². The second-order valence-electron chi connectivity index (χ2n) is 4.65. The fraction of sp³-hybridized carbons (Fsp3) is 0.0588. The van der Waals surface area contributed by atoms with Crippen molar-refractivity contribution in [2.75, 3.05) is 5.32 Å². The molecule has 0 aliphatic carbocycles. The Morgan fingerprint density at radius 1 is 1.10 bits per heavy atom. The molecule has 1 heterocycles. The van der Waals surface area contributed by atoms with Crippen LogP contribution in [0.25, 0.3) is 10.9 Å². The highest BCUT2D eigenvalue weighted by Gasteiger charge is 2.04. The molecule has 1 N–H and O–H groups in total. The smallest absolute Gasteiger partial charge is 0.124 e. The van der Waals surface area contributed by atoms with Crippen LogP contribution in [-0.4, -0.2) is 4.98 Å². The average molecular weight is 277 g/mol. The monoisotopic (exact) mass is 277 g/mol. The number of fused-ring (bicyclic) bond motifs is 1. The van der Waals surface area contributed by atoms with E-state index in [1.165, 1.54) is 12.1 Å². The number of pyridine rings is 1. The molecule has 102 valence electrons. The lowest BCUT2D eigenvalue weighted by Crippen LogP contribution is -2.03. The first-order chi connectivity index (χ1) is 10.3. The van der Waals surface area contributed by atoms with Crippen LogP contribution < -0.4 is 5.32 Å². The lowest BCUT2D eigenvalue weighted by Gasteiger charge is -2.08. The van der Waals surface area contributed by atoms with E-state index in [-0.39, 0.29) is 5.56 Å². The zero-order chi connectivity index (χ0) is 14.7. The van der Waals surface area contributed by atoms with Crippen molar-refractivity contribution in [3.8, 4) is 6.07 Å². The molecule has 0 aliphatic rings. The maximum absolute atomic E-state index is 13.1. The predicted molar refractivity (Wildman–Crippen MR) is 80.2 cm³/mol. The Labute approximate surface area is 121 Å². The Balaban J connectivity index is 1.82. The van der Waals surface area contributed by atoms with Crippen LogP contribution in [0.4, 0.5) is 10.1 Å². The molecule has 0 saturated carbocycles. The highest BCUT2D eigenvalue weighted by molar-refractivity contribution is 5.78. The summed E-state index contributed by atoms with van der Waals surface area (Å²) in [6.07, 6.45) is 0. The number of benzene rings is 2. The van der Waals surface area contributed by atoms with Gasteiger partial charge in [0.15, 0.2) is 0 Å². The van der Waals surface area contributed by atoms with Gasteiger partial charge < -0.3 is 5.32 Å². The van der Waals surface area contributed by atoms with Crippen molar-refractivity contribution in [3.05, 3.63) is 71.7 Å². The van der Waals surface area contributed by atoms with Gasteiger partial charge in [0.25, 0.3) is 0 Å². The van der Waals surface area contributed by atoms with Gasteiger partial charge in [-0.3, -0.25) is 4.98 Å². The Kier molecular flexibility index (Phi) is 3.48. The molecule has 0 saturated heterocycles. The maximum atomic E-state index is 13.1. The number of nitriles is 1. The van der Waals surface area contributed by atoms with Crippen LogP contribution in [0.5, 0.6) is 0 Å². The second-order valence-corrected chi connectivity index (χ2v) is 4.65. The Bertz CT molecular complexity index is 837. The number of rotatable bonds is 3. The molecule has 0 aliphatic heterocycles. The Morgan fingerprint density at radius 2 is 1.95 bits per heavy atom. The molecule has 3 aromatic rings. The lowest BCUT2D eigenvalue weighted by atomic mass is 10.1. The third-order valence-electron chi connectivity index (χ3n) is 3.22. The number of nitrogens with zero attached hydrogens (tertiary/aromatic N) is 2. The molecular formula is C17H12FN3. The maximum Gasteiger partial charge on any atom is 0.124 e. The number of nitrogens with one attached hydrogen (secondary N) is 1. The molecule has 0 spiro atoms. The summed E-state index contributed by atoms with van der Waals surface area (Å²) in [5.41, 5.74) is 2.68. The zero-order valence-corrected chi connectivity index (χ0v) is 11.2. The number of para-hydroxylation sites is 1. The van der Waals surface area contributed by atoms with Crippen molar-refractivity contribution in [2.24, 2.45) is 0 Å². The molecule has 0 fully saturated rings. The standard InChI is InChI=1S/C17H12FN3/c18-14-6-8-16(13(9-14)10-19)20-11-15-7-5-12-3-1-2-4-17(12)21-15/h1-9,20H,11H2. The van der Waals surface area contributed by atoms with Crippen molar-refractivity contribution < 1.29 is 4.39 Å². The van der Waals surface area contributed by atoms with Crippen molar-refractivity contribution in [1.82, 2.24) is 4.98 Å². The van der Waals surface area contributed by atoms with Crippen molar-refractivity contribution in [1.29, 1.82) is 5.26 Å². The minimum Gasteiger partial charge on any atom is -0.378 e. The fourth-order valence-corrected chi connectivity index (χ4v) is 2.16. The third-order valence-corrected chi connectivity index (χ3v) is 3.22. The summed E-state index contributed by atoms with van der Waals surface area (Å²) in [5, 5.41) is 13.2. The molecule has 0 bridgehead atoms. The Morgan fingerprint density at radius 3 is 2.81 bits per heavy atom. The normalized spacial score (nSPS) is 10.3. The topological polar surface area (TPSA) is 48.7 Å². The summed E-state index contributed by atoms with van der Waals surface area (Å²) >= 11 is 0. The summed E-state index contributed by atoms with van der Waals surface area (Å²) in [6.45, 7) is 0.477. The molecule has 0 amide bonds. The van der Waals surface area contributed by atoms with Crippen LogP contribution in [-0.2, 0) is 6.54 Å². The average Bonchev–Trinajstić information content (AvgIpc) is 2.53. The molecule has 0 atom stereocenters. The van der Waals surface area contributed by atoms with Gasteiger partial charge in [0.05, 0.1) is 29.0 Å². The van der Waals surface area contributed by atoms with Gasteiger partial charge in [0, 0.05) is 5.39 Å². The molecule has 0 radical (unpaired) electrons. The van der Waals surface area contributed by atoms with Gasteiger partial charge in [-0.25, -0.2) is 4.39 Å². The lowest BCUT2D eigenvalue weighted by molar-refractivity contribution is 0.627. The third kappa shape index (κ3) is 2.82. The second kappa shape index (κ2) is 5.59. The molecular weight excluding hydrogens is 265 g/mol. The molecule has 4 heteroatoms. The van der Waals surface area contributed by atoms with E-state index in [0.29, 0.717) is 12.2 Å². The van der Waals surface area contributed by atoms with Crippen LogP contribution in [0.15, 0.2) is 54.6 Å². The summed E-state index contributed by atoms with van der Waals surface area (Å²) in [6, 6.07) is 17.9. The van der Waals surface area contributed by atoms with Gasteiger partial charge in [0.2, 0.25) is 0 Å². The summed E-state index contributed by atoms with van der Waals surface area (Å²) in [5.74, 6) is -0.416. The van der Waals surface area contributed by atoms with Crippen molar-refractivity contribution in [2.45, 2.75) is 6.54 Å².